The van der Waals surface area contributed by atoms with Gasteiger partial charge in [-0.3, -0.25) is 9.59 Å². The summed E-state index contributed by atoms with van der Waals surface area (Å²) in [5, 5.41) is 11.6. The summed E-state index contributed by atoms with van der Waals surface area (Å²) in [6.45, 7) is 0.165. The van der Waals surface area contributed by atoms with Gasteiger partial charge >= 0.3 is 5.97 Å². The van der Waals surface area contributed by atoms with Gasteiger partial charge in [0, 0.05) is 31.2 Å². The van der Waals surface area contributed by atoms with Crippen molar-refractivity contribution in [1.29, 1.82) is 5.26 Å². The highest BCUT2D eigenvalue weighted by molar-refractivity contribution is 5.95. The first-order chi connectivity index (χ1) is 12.7. The number of anilines is 2. The van der Waals surface area contributed by atoms with Crippen molar-refractivity contribution < 1.29 is 14.3 Å². The topological polar surface area (TPSA) is 108 Å². The van der Waals surface area contributed by atoms with Gasteiger partial charge in [-0.2, -0.15) is 5.26 Å². The van der Waals surface area contributed by atoms with Gasteiger partial charge in [0.2, 0.25) is 5.95 Å². The van der Waals surface area contributed by atoms with E-state index in [0.29, 0.717) is 18.2 Å². The maximum atomic E-state index is 12.4. The van der Waals surface area contributed by atoms with E-state index in [0.717, 1.165) is 0 Å². The molecule has 0 saturated carbocycles. The van der Waals surface area contributed by atoms with Gasteiger partial charge in [0.1, 0.15) is 0 Å². The van der Waals surface area contributed by atoms with Crippen molar-refractivity contribution in [2.75, 3.05) is 29.9 Å². The molecule has 0 atom stereocenters. The fourth-order valence-corrected chi connectivity index (χ4v) is 2.13. The minimum atomic E-state index is -0.505. The molecule has 2 rings (SSSR count). The number of hydrogen-bond acceptors (Lipinski definition) is 7. The van der Waals surface area contributed by atoms with E-state index < -0.39 is 5.97 Å². The Kier molecular flexibility index (Phi) is 7.55. The first-order valence-corrected chi connectivity index (χ1v) is 8.09. The number of aromatic nitrogens is 2. The number of nitrogens with zero attached hydrogens (tertiary/aromatic N) is 4. The van der Waals surface area contributed by atoms with E-state index >= 15 is 0 Å². The van der Waals surface area contributed by atoms with Crippen LogP contribution in [-0.4, -0.2) is 41.5 Å². The molecular formula is C18H19N5O3. The zero-order chi connectivity index (χ0) is 18.6. The van der Waals surface area contributed by atoms with Crippen LogP contribution < -0.4 is 10.2 Å². The molecule has 1 amide bonds. The van der Waals surface area contributed by atoms with Gasteiger partial charge in [-0.05, 0) is 18.2 Å². The summed E-state index contributed by atoms with van der Waals surface area (Å²) in [4.78, 5) is 33.5. The minimum Gasteiger partial charge on any atom is -0.455 e. The second kappa shape index (κ2) is 10.4. The molecule has 1 aromatic heterocycles. The summed E-state index contributed by atoms with van der Waals surface area (Å²) in [7, 11) is 0. The number of esters is 1. The predicted molar refractivity (Wildman–Crippen MR) is 95.1 cm³/mol. The van der Waals surface area contributed by atoms with E-state index in [-0.39, 0.29) is 31.9 Å². The van der Waals surface area contributed by atoms with Crippen LogP contribution in [0.15, 0.2) is 48.8 Å². The Morgan fingerprint density at radius 3 is 2.58 bits per heavy atom. The van der Waals surface area contributed by atoms with Crippen LogP contribution in [0.1, 0.15) is 12.8 Å². The predicted octanol–water partition coefficient (Wildman–Crippen LogP) is 1.77. The average Bonchev–Trinajstić information content (AvgIpc) is 2.68. The van der Waals surface area contributed by atoms with Crippen LogP contribution in [0, 0.1) is 11.3 Å². The summed E-state index contributed by atoms with van der Waals surface area (Å²) in [6.07, 6.45) is 3.45. The third-order valence-corrected chi connectivity index (χ3v) is 3.35. The van der Waals surface area contributed by atoms with E-state index in [1.54, 1.807) is 42.7 Å². The van der Waals surface area contributed by atoms with Gasteiger partial charge in [-0.1, -0.05) is 18.2 Å². The van der Waals surface area contributed by atoms with Crippen molar-refractivity contribution in [3.8, 4) is 6.07 Å². The van der Waals surface area contributed by atoms with E-state index in [9.17, 15) is 9.59 Å². The maximum absolute atomic E-state index is 12.4. The molecule has 0 unspecified atom stereocenters. The van der Waals surface area contributed by atoms with Gasteiger partial charge in [0.05, 0.1) is 18.9 Å². The van der Waals surface area contributed by atoms with Gasteiger partial charge < -0.3 is 15.0 Å². The molecule has 0 aliphatic carbocycles. The number of benzene rings is 1. The highest BCUT2D eigenvalue weighted by Crippen LogP contribution is 2.14. The number of nitrogens with one attached hydrogen (secondary N) is 1. The largest absolute Gasteiger partial charge is 0.455 e. The molecule has 0 radical (unpaired) electrons. The summed E-state index contributed by atoms with van der Waals surface area (Å²) < 4.78 is 5.03. The quantitative estimate of drug-likeness (QED) is 0.684. The number of rotatable bonds is 9. The molecule has 0 spiro atoms. The Labute approximate surface area is 151 Å². The Hall–Kier alpha value is -3.47. The molecular weight excluding hydrogens is 334 g/mol. The highest BCUT2D eigenvalue weighted by atomic mass is 16.5. The SMILES string of the molecule is N#CCCN(C(=O)COC(=O)CCNc1ncccn1)c1ccccc1. The van der Waals surface area contributed by atoms with Gasteiger partial charge in [0.25, 0.3) is 5.91 Å². The fourth-order valence-electron chi connectivity index (χ4n) is 2.13. The number of nitriles is 1. The lowest BCUT2D eigenvalue weighted by atomic mass is 10.2. The molecule has 8 nitrogen and oxygen atoms in total. The number of hydrogen-bond donors (Lipinski definition) is 1. The number of carbonyl (C=O) groups is 2. The fraction of sp³-hybridized carbons (Fsp3) is 0.278. The van der Waals surface area contributed by atoms with Crippen molar-refractivity contribution in [2.45, 2.75) is 12.8 Å². The second-order valence-corrected chi connectivity index (χ2v) is 5.20. The van der Waals surface area contributed by atoms with Crippen molar-refractivity contribution in [2.24, 2.45) is 0 Å². The lowest BCUT2D eigenvalue weighted by molar-refractivity contribution is -0.147. The van der Waals surface area contributed by atoms with Crippen LogP contribution in [0.4, 0.5) is 11.6 Å². The Morgan fingerprint density at radius 1 is 1.15 bits per heavy atom. The Bertz CT molecular complexity index is 746. The number of amides is 1. The maximum Gasteiger partial charge on any atom is 0.308 e. The standard InChI is InChI=1S/C18H19N5O3/c19-9-4-13-23(15-6-2-1-3-7-15)16(24)14-26-17(25)8-12-22-18-20-10-5-11-21-18/h1-3,5-7,10-11H,4,8,12-14H2,(H,20,21,22). The average molecular weight is 353 g/mol. The van der Waals surface area contributed by atoms with Gasteiger partial charge in [-0.15, -0.1) is 0 Å². The van der Waals surface area contributed by atoms with Gasteiger partial charge in [-0.25, -0.2) is 9.97 Å². The second-order valence-electron chi connectivity index (χ2n) is 5.20. The molecule has 1 heterocycles. The smallest absolute Gasteiger partial charge is 0.308 e. The molecule has 8 heteroatoms. The van der Waals surface area contributed by atoms with Crippen molar-refractivity contribution in [1.82, 2.24) is 9.97 Å². The van der Waals surface area contributed by atoms with Crippen molar-refractivity contribution in [3.63, 3.8) is 0 Å². The van der Waals surface area contributed by atoms with E-state index in [2.05, 4.69) is 15.3 Å². The molecule has 26 heavy (non-hydrogen) atoms. The highest BCUT2D eigenvalue weighted by Gasteiger charge is 2.17. The van der Waals surface area contributed by atoms with E-state index in [1.165, 1.54) is 4.90 Å². The van der Waals surface area contributed by atoms with Crippen LogP contribution in [0.25, 0.3) is 0 Å². The number of ether oxygens (including phenoxy) is 1. The van der Waals surface area contributed by atoms with Gasteiger partial charge in [0.15, 0.2) is 6.61 Å². The van der Waals surface area contributed by atoms with E-state index in [4.69, 9.17) is 10.00 Å². The Balaban J connectivity index is 1.79. The van der Waals surface area contributed by atoms with Crippen LogP contribution in [0.2, 0.25) is 0 Å². The zero-order valence-electron chi connectivity index (χ0n) is 14.2. The first kappa shape index (κ1) is 18.9. The lowest BCUT2D eigenvalue weighted by Crippen LogP contribution is -2.35. The third kappa shape index (κ3) is 6.20. The minimum absolute atomic E-state index is 0.0784. The van der Waals surface area contributed by atoms with Crippen LogP contribution in [-0.2, 0) is 14.3 Å². The molecule has 2 aromatic rings. The Morgan fingerprint density at radius 2 is 1.88 bits per heavy atom. The number of para-hydroxylation sites is 1. The van der Waals surface area contributed by atoms with Crippen LogP contribution >= 0.6 is 0 Å². The summed E-state index contributed by atoms with van der Waals surface area (Å²) in [5.74, 6) is -0.461. The van der Waals surface area contributed by atoms with Crippen LogP contribution in [0.3, 0.4) is 0 Å². The molecule has 0 saturated heterocycles. The van der Waals surface area contributed by atoms with E-state index in [1.807, 2.05) is 12.1 Å². The molecule has 1 aromatic carbocycles. The lowest BCUT2D eigenvalue weighted by Gasteiger charge is -2.21. The molecule has 0 fully saturated rings. The van der Waals surface area contributed by atoms with Crippen molar-refractivity contribution in [3.05, 3.63) is 48.8 Å². The zero-order valence-corrected chi connectivity index (χ0v) is 14.2. The summed E-state index contributed by atoms with van der Waals surface area (Å²) in [6, 6.07) is 12.7. The normalized spacial score (nSPS) is 9.81. The third-order valence-electron chi connectivity index (χ3n) is 3.35. The molecule has 0 aliphatic heterocycles. The molecule has 1 N–H and O–H groups in total. The monoisotopic (exact) mass is 353 g/mol. The van der Waals surface area contributed by atoms with Crippen molar-refractivity contribution >= 4 is 23.5 Å². The molecule has 134 valence electrons. The number of carbonyl (C=O) groups excluding carboxylic acids is 2. The summed E-state index contributed by atoms with van der Waals surface area (Å²) in [5.41, 5.74) is 0.659. The molecule has 0 bridgehead atoms. The molecule has 0 aliphatic rings. The van der Waals surface area contributed by atoms with Crippen LogP contribution in [0.5, 0.6) is 0 Å². The first-order valence-electron chi connectivity index (χ1n) is 8.09. The summed E-state index contributed by atoms with van der Waals surface area (Å²) >= 11 is 0.